The molecule has 0 aliphatic heterocycles. The molecule has 1 saturated carbocycles. The van der Waals surface area contributed by atoms with Crippen molar-refractivity contribution in [2.75, 3.05) is 12.9 Å². The highest BCUT2D eigenvalue weighted by Crippen LogP contribution is 2.37. The van der Waals surface area contributed by atoms with Gasteiger partial charge in [0.1, 0.15) is 5.75 Å². The van der Waals surface area contributed by atoms with Crippen LogP contribution in [0.2, 0.25) is 0 Å². The van der Waals surface area contributed by atoms with Gasteiger partial charge in [-0.3, -0.25) is 9.48 Å². The summed E-state index contributed by atoms with van der Waals surface area (Å²) in [6, 6.07) is 7.95. The number of hydrogen-bond acceptors (Lipinski definition) is 5. The van der Waals surface area contributed by atoms with Crippen LogP contribution in [-0.4, -0.2) is 27.2 Å². The molecular formula is C21H23N3O3S. The van der Waals surface area contributed by atoms with Gasteiger partial charge in [-0.25, -0.2) is 0 Å². The Morgan fingerprint density at radius 2 is 2.00 bits per heavy atom. The van der Waals surface area contributed by atoms with Crippen molar-refractivity contribution in [3.8, 4) is 28.4 Å². The lowest BCUT2D eigenvalue weighted by atomic mass is 10.1. The van der Waals surface area contributed by atoms with Crippen LogP contribution < -0.4 is 15.0 Å². The Kier molecular flexibility index (Phi) is 5.17. The molecule has 4 rings (SSSR count). The SMILES string of the molecule is CSc1ccc(OCC2CC2)c(-c2cc(Oc3cnn(C)c3)c(=O)n(C)c2)c1. The maximum absolute atomic E-state index is 12.6. The highest BCUT2D eigenvalue weighted by atomic mass is 32.2. The quantitative estimate of drug-likeness (QED) is 0.562. The lowest BCUT2D eigenvalue weighted by molar-refractivity contribution is 0.301. The van der Waals surface area contributed by atoms with Crippen LogP contribution in [-0.2, 0) is 14.1 Å². The number of rotatable bonds is 7. The molecular weight excluding hydrogens is 374 g/mol. The molecule has 1 aromatic carbocycles. The number of benzene rings is 1. The standard InChI is InChI=1S/C21H23N3O3S/c1-23-11-15(8-20(21(23)25)27-16-10-22-24(2)12-16)18-9-17(28-3)6-7-19(18)26-13-14-4-5-14/h6-12,14H,4-5,13H2,1-3H3. The summed E-state index contributed by atoms with van der Waals surface area (Å²) in [5.41, 5.74) is 1.64. The van der Waals surface area contributed by atoms with Gasteiger partial charge in [-0.1, -0.05) is 0 Å². The van der Waals surface area contributed by atoms with Gasteiger partial charge >= 0.3 is 0 Å². The van der Waals surface area contributed by atoms with Crippen LogP contribution in [0.1, 0.15) is 12.8 Å². The Morgan fingerprint density at radius 1 is 1.18 bits per heavy atom. The summed E-state index contributed by atoms with van der Waals surface area (Å²) in [5, 5.41) is 4.09. The highest BCUT2D eigenvalue weighted by Gasteiger charge is 2.23. The Morgan fingerprint density at radius 3 is 2.68 bits per heavy atom. The van der Waals surface area contributed by atoms with Gasteiger partial charge in [0.25, 0.3) is 5.56 Å². The zero-order valence-corrected chi connectivity index (χ0v) is 17.0. The highest BCUT2D eigenvalue weighted by molar-refractivity contribution is 7.98. The summed E-state index contributed by atoms with van der Waals surface area (Å²) < 4.78 is 15.1. The summed E-state index contributed by atoms with van der Waals surface area (Å²) >= 11 is 1.67. The fourth-order valence-electron chi connectivity index (χ4n) is 2.96. The molecule has 0 atom stereocenters. The third-order valence-electron chi connectivity index (χ3n) is 4.73. The molecule has 0 radical (unpaired) electrons. The van der Waals surface area contributed by atoms with Crippen molar-refractivity contribution in [2.24, 2.45) is 20.0 Å². The van der Waals surface area contributed by atoms with Gasteiger partial charge in [0.2, 0.25) is 0 Å². The Bertz CT molecular complexity index is 1050. The normalized spacial score (nSPS) is 13.5. The number of hydrogen-bond donors (Lipinski definition) is 0. The third kappa shape index (κ3) is 4.09. The summed E-state index contributed by atoms with van der Waals surface area (Å²) in [6.45, 7) is 0.733. The molecule has 0 spiro atoms. The van der Waals surface area contributed by atoms with E-state index in [-0.39, 0.29) is 11.3 Å². The molecule has 1 aliphatic rings. The van der Waals surface area contributed by atoms with Crippen LogP contribution in [0.25, 0.3) is 11.1 Å². The minimum absolute atomic E-state index is 0.200. The number of ether oxygens (including phenoxy) is 2. The monoisotopic (exact) mass is 397 g/mol. The molecule has 0 N–H and O–H groups in total. The maximum Gasteiger partial charge on any atom is 0.293 e. The number of thioether (sulfide) groups is 1. The zero-order chi connectivity index (χ0) is 19.7. The van der Waals surface area contributed by atoms with E-state index in [1.165, 1.54) is 17.4 Å². The minimum Gasteiger partial charge on any atom is -0.493 e. The van der Waals surface area contributed by atoms with E-state index in [1.54, 1.807) is 49.0 Å². The molecule has 7 heteroatoms. The van der Waals surface area contributed by atoms with Crippen molar-refractivity contribution in [3.63, 3.8) is 0 Å². The van der Waals surface area contributed by atoms with Crippen LogP contribution >= 0.6 is 11.8 Å². The smallest absolute Gasteiger partial charge is 0.293 e. The van der Waals surface area contributed by atoms with E-state index in [0.29, 0.717) is 11.7 Å². The molecule has 146 valence electrons. The van der Waals surface area contributed by atoms with Gasteiger partial charge in [-0.15, -0.1) is 11.8 Å². The van der Waals surface area contributed by atoms with Crippen molar-refractivity contribution >= 4 is 11.8 Å². The van der Waals surface area contributed by atoms with Gasteiger partial charge < -0.3 is 14.0 Å². The maximum atomic E-state index is 12.6. The van der Waals surface area contributed by atoms with Crippen molar-refractivity contribution in [2.45, 2.75) is 17.7 Å². The summed E-state index contributed by atoms with van der Waals surface area (Å²) in [6.07, 6.45) is 9.65. The lowest BCUT2D eigenvalue weighted by Crippen LogP contribution is -2.17. The Hall–Kier alpha value is -2.67. The van der Waals surface area contributed by atoms with E-state index >= 15 is 0 Å². The van der Waals surface area contributed by atoms with E-state index in [4.69, 9.17) is 9.47 Å². The fourth-order valence-corrected chi connectivity index (χ4v) is 3.40. The van der Waals surface area contributed by atoms with E-state index in [0.717, 1.165) is 28.4 Å². The first kappa shape index (κ1) is 18.7. The molecule has 1 aliphatic carbocycles. The topological polar surface area (TPSA) is 58.3 Å². The van der Waals surface area contributed by atoms with Crippen molar-refractivity contribution in [1.82, 2.24) is 14.3 Å². The first-order valence-corrected chi connectivity index (χ1v) is 10.4. The summed E-state index contributed by atoms with van der Waals surface area (Å²) in [7, 11) is 3.53. The molecule has 3 aromatic rings. The van der Waals surface area contributed by atoms with Crippen LogP contribution in [0.15, 0.2) is 52.5 Å². The van der Waals surface area contributed by atoms with Crippen molar-refractivity contribution in [3.05, 3.63) is 53.2 Å². The van der Waals surface area contributed by atoms with E-state index in [2.05, 4.69) is 17.2 Å². The van der Waals surface area contributed by atoms with Gasteiger partial charge in [-0.05, 0) is 49.3 Å². The third-order valence-corrected chi connectivity index (χ3v) is 5.45. The van der Waals surface area contributed by atoms with Crippen molar-refractivity contribution < 1.29 is 9.47 Å². The van der Waals surface area contributed by atoms with Crippen molar-refractivity contribution in [1.29, 1.82) is 0 Å². The number of nitrogens with zero attached hydrogens (tertiary/aromatic N) is 3. The predicted molar refractivity (Wildman–Crippen MR) is 110 cm³/mol. The van der Waals surface area contributed by atoms with Gasteiger partial charge in [0.15, 0.2) is 11.5 Å². The first-order chi connectivity index (χ1) is 13.5. The van der Waals surface area contributed by atoms with E-state index < -0.39 is 0 Å². The van der Waals surface area contributed by atoms with Gasteiger partial charge in [0.05, 0.1) is 19.0 Å². The number of aromatic nitrogens is 3. The van der Waals surface area contributed by atoms with Gasteiger partial charge in [0, 0.05) is 36.3 Å². The van der Waals surface area contributed by atoms with Crippen LogP contribution in [0.3, 0.4) is 0 Å². The first-order valence-electron chi connectivity index (χ1n) is 9.22. The largest absolute Gasteiger partial charge is 0.493 e. The zero-order valence-electron chi connectivity index (χ0n) is 16.2. The lowest BCUT2D eigenvalue weighted by Gasteiger charge is -2.15. The average molecular weight is 398 g/mol. The summed E-state index contributed by atoms with van der Waals surface area (Å²) in [4.78, 5) is 13.7. The average Bonchev–Trinajstić information content (AvgIpc) is 3.44. The molecule has 0 saturated heterocycles. The number of pyridine rings is 1. The molecule has 2 heterocycles. The van der Waals surface area contributed by atoms with Crippen LogP contribution in [0.5, 0.6) is 17.2 Å². The van der Waals surface area contributed by atoms with Crippen LogP contribution in [0.4, 0.5) is 0 Å². The molecule has 0 bridgehead atoms. The fraction of sp³-hybridized carbons (Fsp3) is 0.333. The molecule has 1 fully saturated rings. The molecule has 0 amide bonds. The second kappa shape index (κ2) is 7.75. The molecule has 6 nitrogen and oxygen atoms in total. The van der Waals surface area contributed by atoms with Crippen LogP contribution in [0, 0.1) is 5.92 Å². The Labute approximate surface area is 168 Å². The van der Waals surface area contributed by atoms with Gasteiger partial charge in [-0.2, -0.15) is 5.10 Å². The molecule has 0 unspecified atom stereocenters. The second-order valence-corrected chi connectivity index (χ2v) is 7.96. The summed E-state index contributed by atoms with van der Waals surface area (Å²) in [5.74, 6) is 2.28. The number of aryl methyl sites for hydroxylation is 2. The van der Waals surface area contributed by atoms with E-state index in [1.807, 2.05) is 18.5 Å². The molecule has 2 aromatic heterocycles. The molecule has 28 heavy (non-hydrogen) atoms. The van der Waals surface area contributed by atoms with E-state index in [9.17, 15) is 4.79 Å². The predicted octanol–water partition coefficient (Wildman–Crippen LogP) is 4.09. The minimum atomic E-state index is -0.200. The Balaban J connectivity index is 1.74. The second-order valence-electron chi connectivity index (χ2n) is 7.08.